The molecule has 0 bridgehead atoms. The van der Waals surface area contributed by atoms with E-state index < -0.39 is 9.84 Å². The van der Waals surface area contributed by atoms with Crippen molar-refractivity contribution in [2.24, 2.45) is 0 Å². The predicted octanol–water partition coefficient (Wildman–Crippen LogP) is 6.92. The van der Waals surface area contributed by atoms with E-state index in [0.29, 0.717) is 18.1 Å². The number of rotatable bonds is 9. The number of ether oxygens (including phenoxy) is 2. The van der Waals surface area contributed by atoms with E-state index in [1.807, 2.05) is 43.3 Å². The van der Waals surface area contributed by atoms with E-state index >= 15 is 0 Å². The lowest BCUT2D eigenvalue weighted by molar-refractivity contribution is -0.143. The van der Waals surface area contributed by atoms with Crippen LogP contribution in [0, 0.1) is 18.8 Å². The maximum Gasteiger partial charge on any atom is 0.307 e. The van der Waals surface area contributed by atoms with Crippen LogP contribution in [0.3, 0.4) is 0 Å². The minimum Gasteiger partial charge on any atom is -0.489 e. The fourth-order valence-corrected chi connectivity index (χ4v) is 5.86. The third-order valence-electron chi connectivity index (χ3n) is 6.25. The molecule has 1 aromatic heterocycles. The summed E-state index contributed by atoms with van der Waals surface area (Å²) in [6.45, 7) is 6.27. The van der Waals surface area contributed by atoms with Crippen LogP contribution in [0.25, 0.3) is 21.2 Å². The van der Waals surface area contributed by atoms with Crippen molar-refractivity contribution in [3.63, 3.8) is 0 Å². The summed E-state index contributed by atoms with van der Waals surface area (Å²) in [7, 11) is -3.30. The van der Waals surface area contributed by atoms with Gasteiger partial charge in [0, 0.05) is 21.9 Å². The zero-order valence-electron chi connectivity index (χ0n) is 21.9. The quantitative estimate of drug-likeness (QED) is 0.168. The zero-order valence-corrected chi connectivity index (χ0v) is 23.5. The third kappa shape index (κ3) is 6.45. The van der Waals surface area contributed by atoms with Crippen LogP contribution in [0.2, 0.25) is 0 Å². The van der Waals surface area contributed by atoms with Crippen LogP contribution in [0.5, 0.6) is 5.75 Å². The van der Waals surface area contributed by atoms with E-state index in [1.165, 1.54) is 6.26 Å². The van der Waals surface area contributed by atoms with Gasteiger partial charge in [0.2, 0.25) is 0 Å². The lowest BCUT2D eigenvalue weighted by atomic mass is 9.96. The summed E-state index contributed by atoms with van der Waals surface area (Å²) in [5.41, 5.74) is 4.91. The number of esters is 1. The van der Waals surface area contributed by atoms with Crippen molar-refractivity contribution in [2.75, 3.05) is 12.9 Å². The Morgan fingerprint density at radius 3 is 2.47 bits per heavy atom. The van der Waals surface area contributed by atoms with Gasteiger partial charge in [-0.15, -0.1) is 17.3 Å². The van der Waals surface area contributed by atoms with Gasteiger partial charge in [-0.1, -0.05) is 30.2 Å². The summed E-state index contributed by atoms with van der Waals surface area (Å²) in [6, 6.07) is 19.1. The Kier molecular flexibility index (Phi) is 8.55. The second-order valence-corrected chi connectivity index (χ2v) is 12.0. The van der Waals surface area contributed by atoms with E-state index in [9.17, 15) is 13.2 Å². The van der Waals surface area contributed by atoms with Gasteiger partial charge in [0.25, 0.3) is 0 Å². The molecule has 5 nitrogen and oxygen atoms in total. The van der Waals surface area contributed by atoms with E-state index in [2.05, 4.69) is 29.4 Å². The number of carbonyl (C=O) groups is 1. The third-order valence-corrected chi connectivity index (χ3v) is 8.32. The van der Waals surface area contributed by atoms with Crippen molar-refractivity contribution < 1.29 is 22.7 Å². The number of hydrogen-bond donors (Lipinski definition) is 0. The van der Waals surface area contributed by atoms with E-state index in [4.69, 9.17) is 9.47 Å². The molecule has 4 rings (SSSR count). The Morgan fingerprint density at radius 2 is 1.79 bits per heavy atom. The number of aryl methyl sites for hydroxylation is 1. The highest BCUT2D eigenvalue weighted by Crippen LogP contribution is 2.37. The highest BCUT2D eigenvalue weighted by Gasteiger charge is 2.16. The highest BCUT2D eigenvalue weighted by atomic mass is 32.2. The first-order chi connectivity index (χ1) is 18.2. The minimum atomic E-state index is -3.30. The second kappa shape index (κ2) is 11.8. The molecule has 0 unspecified atom stereocenters. The monoisotopic (exact) mass is 546 g/mol. The first-order valence-corrected chi connectivity index (χ1v) is 15.1. The summed E-state index contributed by atoms with van der Waals surface area (Å²) >= 11 is 1.64. The molecular formula is C31H30O5S2. The van der Waals surface area contributed by atoms with Crippen molar-refractivity contribution in [2.45, 2.75) is 44.6 Å². The first-order valence-electron chi connectivity index (χ1n) is 12.3. The van der Waals surface area contributed by atoms with Crippen LogP contribution in [0.15, 0.2) is 70.9 Å². The van der Waals surface area contributed by atoms with Crippen molar-refractivity contribution in [1.29, 1.82) is 0 Å². The van der Waals surface area contributed by atoms with Gasteiger partial charge in [0.05, 0.1) is 23.8 Å². The van der Waals surface area contributed by atoms with Crippen LogP contribution in [0.1, 0.15) is 42.9 Å². The molecule has 0 spiro atoms. The molecule has 0 aliphatic heterocycles. The van der Waals surface area contributed by atoms with E-state index in [0.717, 1.165) is 43.7 Å². The van der Waals surface area contributed by atoms with Crippen molar-refractivity contribution >= 4 is 37.2 Å². The van der Waals surface area contributed by atoms with Crippen LogP contribution < -0.4 is 4.74 Å². The molecule has 38 heavy (non-hydrogen) atoms. The lowest BCUT2D eigenvalue weighted by Gasteiger charge is -2.12. The Bertz CT molecular complexity index is 1620. The SMILES string of the molecule is CC#C[C@@H](CC(=O)OCC)c1ccc(OCc2ccc3scc(-c4cc(S(C)(=O)=O)ccc4C)c3c2)cc1. The highest BCUT2D eigenvalue weighted by molar-refractivity contribution is 7.90. The molecule has 0 saturated carbocycles. The molecule has 4 aromatic rings. The van der Waals surface area contributed by atoms with Crippen LogP contribution in [-0.2, 0) is 26.0 Å². The maximum absolute atomic E-state index is 12.1. The summed E-state index contributed by atoms with van der Waals surface area (Å²) in [5, 5.41) is 3.15. The van der Waals surface area contributed by atoms with Crippen LogP contribution in [-0.4, -0.2) is 27.2 Å². The van der Waals surface area contributed by atoms with Gasteiger partial charge >= 0.3 is 5.97 Å². The number of sulfone groups is 1. The number of benzene rings is 3. The molecule has 196 valence electrons. The van der Waals surface area contributed by atoms with Crippen molar-refractivity contribution in [3.8, 4) is 28.7 Å². The van der Waals surface area contributed by atoms with Gasteiger partial charge in [-0.2, -0.15) is 0 Å². The van der Waals surface area contributed by atoms with Gasteiger partial charge in [-0.3, -0.25) is 4.79 Å². The molecule has 0 fully saturated rings. The molecule has 0 N–H and O–H groups in total. The molecule has 3 aromatic carbocycles. The fraction of sp³-hybridized carbons (Fsp3) is 0.258. The molecule has 7 heteroatoms. The Balaban J connectivity index is 1.53. The van der Waals surface area contributed by atoms with Gasteiger partial charge in [-0.25, -0.2) is 8.42 Å². The standard InChI is InChI=1S/C31H30O5S2/c1-5-7-24(17-31(32)35-6-2)23-10-12-25(13-11-23)36-19-22-9-15-30-28(16-22)29(20-37-30)27-18-26(38(4,33)34)14-8-21(27)3/h8-16,18,20,24H,6,17,19H2,1-4H3/t24-/m0/s1. The summed E-state index contributed by atoms with van der Waals surface area (Å²) in [5.74, 6) is 6.22. The minimum absolute atomic E-state index is 0.213. The van der Waals surface area contributed by atoms with E-state index in [-0.39, 0.29) is 18.3 Å². The van der Waals surface area contributed by atoms with Gasteiger partial charge in [0.1, 0.15) is 12.4 Å². The smallest absolute Gasteiger partial charge is 0.307 e. The lowest BCUT2D eigenvalue weighted by Crippen LogP contribution is -2.09. The average Bonchev–Trinajstić information content (AvgIpc) is 3.30. The Labute approximate surface area is 228 Å². The van der Waals surface area contributed by atoms with Crippen molar-refractivity contribution in [1.82, 2.24) is 0 Å². The fourth-order valence-electron chi connectivity index (χ4n) is 4.27. The first kappa shape index (κ1) is 27.4. The molecule has 1 atom stereocenters. The summed E-state index contributed by atoms with van der Waals surface area (Å²) in [4.78, 5) is 12.3. The molecule has 0 amide bonds. The number of fused-ring (bicyclic) bond motifs is 1. The van der Waals surface area contributed by atoms with Crippen LogP contribution in [0.4, 0.5) is 0 Å². The molecule has 0 saturated heterocycles. The number of hydrogen-bond acceptors (Lipinski definition) is 6. The second-order valence-electron chi connectivity index (χ2n) is 9.04. The molecular weight excluding hydrogens is 516 g/mol. The molecule has 0 radical (unpaired) electrons. The largest absolute Gasteiger partial charge is 0.489 e. The van der Waals surface area contributed by atoms with Crippen LogP contribution >= 0.6 is 11.3 Å². The average molecular weight is 547 g/mol. The molecule has 0 aliphatic rings. The molecule has 1 heterocycles. The maximum atomic E-state index is 12.1. The Hall–Kier alpha value is -3.60. The van der Waals surface area contributed by atoms with E-state index in [1.54, 1.807) is 37.3 Å². The summed E-state index contributed by atoms with van der Waals surface area (Å²) in [6.07, 6.45) is 1.44. The van der Waals surface area contributed by atoms with Gasteiger partial charge in [0.15, 0.2) is 9.84 Å². The van der Waals surface area contributed by atoms with Gasteiger partial charge in [-0.05, 0) is 84.8 Å². The Morgan fingerprint density at radius 1 is 1.03 bits per heavy atom. The predicted molar refractivity (Wildman–Crippen MR) is 153 cm³/mol. The van der Waals surface area contributed by atoms with Gasteiger partial charge < -0.3 is 9.47 Å². The topological polar surface area (TPSA) is 69.7 Å². The number of thiophene rings is 1. The molecule has 0 aliphatic carbocycles. The summed E-state index contributed by atoms with van der Waals surface area (Å²) < 4.78 is 36.5. The van der Waals surface area contributed by atoms with Crippen molar-refractivity contribution in [3.05, 3.63) is 82.7 Å². The normalized spacial score (nSPS) is 12.0. The number of carbonyl (C=O) groups excluding carboxylic acids is 1. The zero-order chi connectivity index (χ0) is 27.3.